The lowest BCUT2D eigenvalue weighted by Crippen LogP contribution is -2.60. The molecule has 0 bridgehead atoms. The molecule has 344 valence electrons. The molecule has 1 unspecified atom stereocenters. The van der Waals surface area contributed by atoms with Crippen LogP contribution in [0.5, 0.6) is 11.5 Å². The Balaban J connectivity index is 0.907. The summed E-state index contributed by atoms with van der Waals surface area (Å²) in [6.07, 6.45) is 10.4. The van der Waals surface area contributed by atoms with E-state index in [1.165, 1.54) is 30.2 Å². The standard InChI is InChI=1S/C48H59N9O7S/c1-4-54-19-20-56(43(31-54)40-8-6-5-7-39(40)32(2)3)36-26-48(27-36)14-17-55(18-15-48)35-9-10-41(44(24-35)64-37-23-34-11-16-49-45(34)51-29-37)47(58)53-65(61,62)38-25-42(57(59)60)46(52-30-38)50-28-33-12-21-63-22-13-33/h5-11,16,23-25,29-30,32-33,36,43H,4,12-15,17-22,26-28,31H2,1-3H3,(H,49,51)(H,50,52)(H,53,58). The Morgan fingerprint density at radius 2 is 1.80 bits per heavy atom. The van der Waals surface area contributed by atoms with Gasteiger partial charge in [-0.05, 0) is 97.7 Å². The monoisotopic (exact) mass is 905 g/mol. The number of fused-ring (bicyclic) bond motifs is 1. The van der Waals surface area contributed by atoms with E-state index in [4.69, 9.17) is 9.47 Å². The van der Waals surface area contributed by atoms with Crippen LogP contribution in [0.2, 0.25) is 0 Å². The van der Waals surface area contributed by atoms with Gasteiger partial charge in [0, 0.05) is 94.0 Å². The number of ether oxygens (including phenoxy) is 2. The molecule has 3 aromatic heterocycles. The van der Waals surface area contributed by atoms with Crippen LogP contribution in [0.3, 0.4) is 0 Å². The van der Waals surface area contributed by atoms with E-state index in [9.17, 15) is 23.3 Å². The first kappa shape index (κ1) is 44.6. The molecule has 0 radical (unpaired) electrons. The van der Waals surface area contributed by atoms with Crippen LogP contribution in [0.15, 0.2) is 84.1 Å². The second-order valence-electron chi connectivity index (χ2n) is 18.5. The molecule has 2 aromatic carbocycles. The Labute approximate surface area is 380 Å². The van der Waals surface area contributed by atoms with Crippen LogP contribution in [0.1, 0.15) is 92.7 Å². The van der Waals surface area contributed by atoms with Crippen LogP contribution in [-0.2, 0) is 14.8 Å². The van der Waals surface area contributed by atoms with Gasteiger partial charge in [0.1, 0.15) is 22.0 Å². The maximum atomic E-state index is 14.0. The fraction of sp³-hybridized carbons (Fsp3) is 0.479. The van der Waals surface area contributed by atoms with E-state index in [0.717, 1.165) is 88.3 Å². The molecule has 17 heteroatoms. The number of hydrogen-bond acceptors (Lipinski definition) is 13. The topological polar surface area (TPSA) is 188 Å². The molecule has 3 N–H and O–H groups in total. The molecular weight excluding hydrogens is 847 g/mol. The lowest BCUT2D eigenvalue weighted by atomic mass is 9.59. The summed E-state index contributed by atoms with van der Waals surface area (Å²) in [4.78, 5) is 44.1. The summed E-state index contributed by atoms with van der Waals surface area (Å²) in [7, 11) is -4.61. The number of carbonyl (C=O) groups excluding carboxylic acids is 1. The van der Waals surface area contributed by atoms with Crippen LogP contribution in [-0.4, -0.2) is 109 Å². The first-order valence-corrected chi connectivity index (χ1v) is 24.5. The molecular formula is C48H59N9O7S. The predicted octanol–water partition coefficient (Wildman–Crippen LogP) is 7.87. The average molecular weight is 906 g/mol. The summed E-state index contributed by atoms with van der Waals surface area (Å²) in [6.45, 7) is 14.4. The molecule has 5 aromatic rings. The maximum absolute atomic E-state index is 14.0. The number of benzene rings is 2. The molecule has 1 atom stereocenters. The Morgan fingerprint density at radius 3 is 2.55 bits per heavy atom. The minimum absolute atomic E-state index is 0.0317. The minimum Gasteiger partial charge on any atom is -0.455 e. The van der Waals surface area contributed by atoms with Gasteiger partial charge >= 0.3 is 5.69 Å². The van der Waals surface area contributed by atoms with Crippen molar-refractivity contribution in [2.45, 2.75) is 82.2 Å². The fourth-order valence-corrected chi connectivity index (χ4v) is 11.3. The molecule has 16 nitrogen and oxygen atoms in total. The van der Waals surface area contributed by atoms with E-state index in [1.807, 2.05) is 12.1 Å². The minimum atomic E-state index is -4.61. The van der Waals surface area contributed by atoms with Crippen LogP contribution in [0.4, 0.5) is 17.2 Å². The van der Waals surface area contributed by atoms with Crippen molar-refractivity contribution in [2.75, 3.05) is 69.2 Å². The number of nitrogens with one attached hydrogen (secondary N) is 3. The van der Waals surface area contributed by atoms with Gasteiger partial charge in [0.2, 0.25) is 5.82 Å². The highest BCUT2D eigenvalue weighted by atomic mass is 32.2. The Hall–Kier alpha value is -5.62. The summed E-state index contributed by atoms with van der Waals surface area (Å²) < 4.78 is 41.2. The van der Waals surface area contributed by atoms with Crippen molar-refractivity contribution in [2.24, 2.45) is 11.3 Å². The molecule has 1 amide bonds. The number of hydrogen-bond donors (Lipinski definition) is 3. The van der Waals surface area contributed by atoms with Crippen molar-refractivity contribution in [1.82, 2.24) is 29.5 Å². The predicted molar refractivity (Wildman–Crippen MR) is 249 cm³/mol. The highest BCUT2D eigenvalue weighted by molar-refractivity contribution is 7.90. The maximum Gasteiger partial charge on any atom is 0.312 e. The fourth-order valence-electron chi connectivity index (χ4n) is 10.4. The number of nitro groups is 1. The summed E-state index contributed by atoms with van der Waals surface area (Å²) in [5.74, 6) is 0.204. The summed E-state index contributed by atoms with van der Waals surface area (Å²) >= 11 is 0. The van der Waals surface area contributed by atoms with Gasteiger partial charge in [-0.15, -0.1) is 0 Å². The number of pyridine rings is 2. The molecule has 3 aliphatic heterocycles. The van der Waals surface area contributed by atoms with Gasteiger partial charge in [-0.1, -0.05) is 45.0 Å². The van der Waals surface area contributed by atoms with Crippen molar-refractivity contribution >= 4 is 44.2 Å². The normalized spacial score (nSPS) is 19.9. The number of anilines is 2. The van der Waals surface area contributed by atoms with Gasteiger partial charge < -0.3 is 29.6 Å². The Bertz CT molecular complexity index is 2630. The van der Waals surface area contributed by atoms with E-state index in [0.29, 0.717) is 49.2 Å². The molecule has 1 saturated carbocycles. The van der Waals surface area contributed by atoms with E-state index < -0.39 is 31.4 Å². The number of carbonyl (C=O) groups is 1. The van der Waals surface area contributed by atoms with Crippen LogP contribution < -0.4 is 19.7 Å². The summed E-state index contributed by atoms with van der Waals surface area (Å²) in [5, 5.41) is 15.9. The number of aromatic amines is 1. The Kier molecular flexibility index (Phi) is 12.8. The van der Waals surface area contributed by atoms with Gasteiger partial charge in [0.15, 0.2) is 0 Å². The number of likely N-dealkylation sites (N-methyl/N-ethyl adjacent to an activating group) is 1. The molecule has 9 rings (SSSR count). The average Bonchev–Trinajstić information content (AvgIpc) is 3.78. The van der Waals surface area contributed by atoms with Gasteiger partial charge in [-0.2, -0.15) is 0 Å². The highest BCUT2D eigenvalue weighted by Gasteiger charge is 2.50. The first-order valence-electron chi connectivity index (χ1n) is 23.0. The number of piperazine rings is 1. The zero-order valence-corrected chi connectivity index (χ0v) is 38.2. The first-order chi connectivity index (χ1) is 31.4. The number of amides is 1. The molecule has 4 fully saturated rings. The molecule has 3 saturated heterocycles. The number of H-pyrrole nitrogens is 1. The number of aromatic nitrogens is 3. The summed E-state index contributed by atoms with van der Waals surface area (Å²) in [6, 6.07) is 19.7. The SMILES string of the molecule is CCN1CCN(C2CC3(CCN(c4ccc(C(=O)NS(=O)(=O)c5cnc(NCC6CCOCC6)c([N+](=O)[O-])c5)c(Oc5cnc6[nH]ccc6c5)c4)CC3)C2)C(c2ccccc2C(C)C)C1. The highest BCUT2D eigenvalue weighted by Crippen LogP contribution is 2.53. The third-order valence-corrected chi connectivity index (χ3v) is 15.5. The van der Waals surface area contributed by atoms with Gasteiger partial charge in [-0.25, -0.2) is 23.1 Å². The molecule has 4 aliphatic rings. The van der Waals surface area contributed by atoms with E-state index in [1.54, 1.807) is 24.4 Å². The van der Waals surface area contributed by atoms with E-state index in [-0.39, 0.29) is 28.5 Å². The van der Waals surface area contributed by atoms with Crippen molar-refractivity contribution < 1.29 is 27.6 Å². The largest absolute Gasteiger partial charge is 0.455 e. The smallest absolute Gasteiger partial charge is 0.312 e. The van der Waals surface area contributed by atoms with Gasteiger partial charge in [-0.3, -0.25) is 19.8 Å². The van der Waals surface area contributed by atoms with Crippen LogP contribution in [0, 0.1) is 21.4 Å². The molecule has 1 spiro atoms. The number of piperidine rings is 1. The zero-order chi connectivity index (χ0) is 45.3. The number of nitrogens with zero attached hydrogens (tertiary/aromatic N) is 6. The number of sulfonamides is 1. The quantitative estimate of drug-likeness (QED) is 0.0722. The molecule has 1 aliphatic carbocycles. The Morgan fingerprint density at radius 1 is 1.02 bits per heavy atom. The lowest BCUT2D eigenvalue weighted by Gasteiger charge is -2.58. The van der Waals surface area contributed by atoms with Crippen molar-refractivity contribution in [3.05, 3.63) is 106 Å². The third kappa shape index (κ3) is 9.55. The zero-order valence-electron chi connectivity index (χ0n) is 37.4. The van der Waals surface area contributed by atoms with E-state index >= 15 is 0 Å². The van der Waals surface area contributed by atoms with Gasteiger partial charge in [0.05, 0.1) is 22.9 Å². The van der Waals surface area contributed by atoms with Crippen LogP contribution in [0.25, 0.3) is 11.0 Å². The lowest BCUT2D eigenvalue weighted by molar-refractivity contribution is -0.384. The van der Waals surface area contributed by atoms with Gasteiger partial charge in [0.25, 0.3) is 15.9 Å². The van der Waals surface area contributed by atoms with Crippen molar-refractivity contribution in [3.8, 4) is 11.5 Å². The van der Waals surface area contributed by atoms with Crippen molar-refractivity contribution in [3.63, 3.8) is 0 Å². The second-order valence-corrected chi connectivity index (χ2v) is 20.2. The molecule has 6 heterocycles. The summed E-state index contributed by atoms with van der Waals surface area (Å²) in [5.41, 5.74) is 4.17. The molecule has 65 heavy (non-hydrogen) atoms. The second kappa shape index (κ2) is 18.7. The number of rotatable bonds is 14. The van der Waals surface area contributed by atoms with Crippen LogP contribution >= 0.6 is 0 Å². The third-order valence-electron chi connectivity index (χ3n) is 14.2. The van der Waals surface area contributed by atoms with E-state index in [2.05, 4.69) is 84.7 Å². The van der Waals surface area contributed by atoms with Crippen molar-refractivity contribution in [1.29, 1.82) is 0 Å².